The molecule has 1 N–H and O–H groups in total. The molecule has 32 heavy (non-hydrogen) atoms. The van der Waals surface area contributed by atoms with Gasteiger partial charge in [0, 0.05) is 48.9 Å². The van der Waals surface area contributed by atoms with Gasteiger partial charge in [0.2, 0.25) is 5.91 Å². The SMILES string of the molecule is O=C(CN1CCN(C2CCCCC2)CC1)Nc1cccc2c1C(=O)c1ccccc1C2=O. The van der Waals surface area contributed by atoms with Crippen molar-refractivity contribution in [1.29, 1.82) is 0 Å². The molecule has 0 unspecified atom stereocenters. The van der Waals surface area contributed by atoms with Crippen LogP contribution in [-0.4, -0.2) is 66.0 Å². The maximum atomic E-state index is 13.1. The highest BCUT2D eigenvalue weighted by Gasteiger charge is 2.32. The molecule has 2 aliphatic carbocycles. The zero-order valence-corrected chi connectivity index (χ0v) is 18.3. The molecule has 1 aliphatic heterocycles. The molecule has 1 saturated carbocycles. The molecule has 2 fully saturated rings. The van der Waals surface area contributed by atoms with Gasteiger partial charge in [0.15, 0.2) is 11.6 Å². The van der Waals surface area contributed by atoms with E-state index in [-0.39, 0.29) is 17.5 Å². The molecule has 1 heterocycles. The number of amides is 1. The maximum absolute atomic E-state index is 13.1. The Balaban J connectivity index is 1.24. The lowest BCUT2D eigenvalue weighted by Crippen LogP contribution is -2.52. The summed E-state index contributed by atoms with van der Waals surface area (Å²) in [6.07, 6.45) is 6.63. The molecule has 0 atom stereocenters. The van der Waals surface area contributed by atoms with E-state index in [0.717, 1.165) is 26.2 Å². The first-order valence-corrected chi connectivity index (χ1v) is 11.7. The predicted molar refractivity (Wildman–Crippen MR) is 123 cm³/mol. The molecule has 2 aromatic rings. The van der Waals surface area contributed by atoms with Crippen molar-refractivity contribution in [2.75, 3.05) is 38.0 Å². The van der Waals surface area contributed by atoms with Gasteiger partial charge in [-0.25, -0.2) is 0 Å². The number of benzene rings is 2. The van der Waals surface area contributed by atoms with Crippen molar-refractivity contribution in [2.45, 2.75) is 38.1 Å². The Morgan fingerprint density at radius 3 is 2.19 bits per heavy atom. The average molecular weight is 432 g/mol. The topological polar surface area (TPSA) is 69.7 Å². The van der Waals surface area contributed by atoms with Crippen molar-refractivity contribution in [3.05, 3.63) is 64.7 Å². The fraction of sp³-hybridized carbons (Fsp3) is 0.423. The first-order valence-electron chi connectivity index (χ1n) is 11.7. The summed E-state index contributed by atoms with van der Waals surface area (Å²) >= 11 is 0. The molecule has 0 spiro atoms. The molecule has 1 saturated heterocycles. The second-order valence-electron chi connectivity index (χ2n) is 9.08. The minimum atomic E-state index is -0.216. The van der Waals surface area contributed by atoms with E-state index in [9.17, 15) is 14.4 Å². The van der Waals surface area contributed by atoms with Crippen LogP contribution in [0.15, 0.2) is 42.5 Å². The number of rotatable bonds is 4. The van der Waals surface area contributed by atoms with Crippen molar-refractivity contribution in [2.24, 2.45) is 0 Å². The van der Waals surface area contributed by atoms with Crippen molar-refractivity contribution in [1.82, 2.24) is 9.80 Å². The molecule has 1 amide bonds. The fourth-order valence-corrected chi connectivity index (χ4v) is 5.37. The second-order valence-corrected chi connectivity index (χ2v) is 9.08. The third-order valence-corrected chi connectivity index (χ3v) is 7.09. The van der Waals surface area contributed by atoms with Crippen LogP contribution in [0.5, 0.6) is 0 Å². The van der Waals surface area contributed by atoms with Gasteiger partial charge in [0.1, 0.15) is 0 Å². The Morgan fingerprint density at radius 1 is 0.812 bits per heavy atom. The highest BCUT2D eigenvalue weighted by atomic mass is 16.2. The van der Waals surface area contributed by atoms with E-state index in [4.69, 9.17) is 0 Å². The maximum Gasteiger partial charge on any atom is 0.238 e. The first kappa shape index (κ1) is 21.0. The second kappa shape index (κ2) is 8.96. The van der Waals surface area contributed by atoms with Gasteiger partial charge in [0.25, 0.3) is 0 Å². The lowest BCUT2D eigenvalue weighted by Gasteiger charge is -2.40. The van der Waals surface area contributed by atoms with Crippen LogP contribution in [0.1, 0.15) is 63.9 Å². The van der Waals surface area contributed by atoms with E-state index in [1.807, 2.05) is 0 Å². The number of fused-ring (bicyclic) bond motifs is 2. The van der Waals surface area contributed by atoms with Crippen LogP contribution < -0.4 is 5.32 Å². The molecule has 3 aliphatic rings. The number of nitrogens with one attached hydrogen (secondary N) is 1. The van der Waals surface area contributed by atoms with E-state index in [1.54, 1.807) is 42.5 Å². The molecule has 5 rings (SSSR count). The van der Waals surface area contributed by atoms with E-state index in [1.165, 1.54) is 32.1 Å². The van der Waals surface area contributed by atoms with Gasteiger partial charge in [-0.3, -0.25) is 24.2 Å². The van der Waals surface area contributed by atoms with Crippen LogP contribution in [-0.2, 0) is 4.79 Å². The van der Waals surface area contributed by atoms with Gasteiger partial charge in [-0.15, -0.1) is 0 Å². The quantitative estimate of drug-likeness (QED) is 0.686. The lowest BCUT2D eigenvalue weighted by atomic mass is 9.83. The summed E-state index contributed by atoms with van der Waals surface area (Å²) in [6.45, 7) is 4.05. The standard InChI is InChI=1S/C26H29N3O3/c30-23(17-28-13-15-29(16-14-28)18-7-2-1-3-8-18)27-22-12-6-11-21-24(22)26(32)20-10-5-4-9-19(20)25(21)31/h4-6,9-12,18H,1-3,7-8,13-17H2,(H,27,30). The van der Waals surface area contributed by atoms with Gasteiger partial charge in [-0.05, 0) is 18.9 Å². The number of ketones is 2. The summed E-state index contributed by atoms with van der Waals surface area (Å²) in [5.41, 5.74) is 1.88. The highest BCUT2D eigenvalue weighted by Crippen LogP contribution is 2.32. The molecule has 6 nitrogen and oxygen atoms in total. The Morgan fingerprint density at radius 2 is 1.47 bits per heavy atom. The monoisotopic (exact) mass is 431 g/mol. The van der Waals surface area contributed by atoms with E-state index >= 15 is 0 Å². The lowest BCUT2D eigenvalue weighted by molar-refractivity contribution is -0.117. The third kappa shape index (κ3) is 4.00. The first-order chi connectivity index (χ1) is 15.6. The summed E-state index contributed by atoms with van der Waals surface area (Å²) in [6, 6.07) is 12.7. The molecular formula is C26H29N3O3. The van der Waals surface area contributed by atoms with Gasteiger partial charge >= 0.3 is 0 Å². The van der Waals surface area contributed by atoms with E-state index < -0.39 is 0 Å². The third-order valence-electron chi connectivity index (χ3n) is 7.09. The molecule has 2 aromatic carbocycles. The van der Waals surface area contributed by atoms with E-state index in [0.29, 0.717) is 40.5 Å². The molecular weight excluding hydrogens is 402 g/mol. The number of anilines is 1. The minimum absolute atomic E-state index is 0.149. The van der Waals surface area contributed by atoms with Crippen molar-refractivity contribution in [3.8, 4) is 0 Å². The summed E-state index contributed by atoms with van der Waals surface area (Å²) in [5.74, 6) is -0.541. The summed E-state index contributed by atoms with van der Waals surface area (Å²) in [5, 5.41) is 2.91. The summed E-state index contributed by atoms with van der Waals surface area (Å²) in [4.78, 5) is 43.6. The molecule has 0 aromatic heterocycles. The molecule has 0 bridgehead atoms. The van der Waals surface area contributed by atoms with Crippen LogP contribution in [0.4, 0.5) is 5.69 Å². The van der Waals surface area contributed by atoms with Crippen LogP contribution in [0.3, 0.4) is 0 Å². The number of hydrogen-bond acceptors (Lipinski definition) is 5. The van der Waals surface area contributed by atoms with Gasteiger partial charge in [-0.1, -0.05) is 55.7 Å². The van der Waals surface area contributed by atoms with Gasteiger partial charge < -0.3 is 5.32 Å². The summed E-state index contributed by atoms with van der Waals surface area (Å²) in [7, 11) is 0. The highest BCUT2D eigenvalue weighted by molar-refractivity contribution is 6.30. The Hall–Kier alpha value is -2.83. The Labute approximate surface area is 188 Å². The van der Waals surface area contributed by atoms with Crippen LogP contribution in [0, 0.1) is 0 Å². The van der Waals surface area contributed by atoms with Crippen LogP contribution in [0.2, 0.25) is 0 Å². The average Bonchev–Trinajstić information content (AvgIpc) is 2.83. The van der Waals surface area contributed by atoms with Crippen molar-refractivity contribution >= 4 is 23.2 Å². The predicted octanol–water partition coefficient (Wildman–Crippen LogP) is 3.35. The zero-order chi connectivity index (χ0) is 22.1. The Bertz CT molecular complexity index is 1050. The minimum Gasteiger partial charge on any atom is -0.324 e. The van der Waals surface area contributed by atoms with E-state index in [2.05, 4.69) is 15.1 Å². The smallest absolute Gasteiger partial charge is 0.238 e. The number of piperazine rings is 1. The van der Waals surface area contributed by atoms with Gasteiger partial charge in [0.05, 0.1) is 17.8 Å². The van der Waals surface area contributed by atoms with Crippen molar-refractivity contribution < 1.29 is 14.4 Å². The van der Waals surface area contributed by atoms with Crippen LogP contribution in [0.25, 0.3) is 0 Å². The van der Waals surface area contributed by atoms with Gasteiger partial charge in [-0.2, -0.15) is 0 Å². The van der Waals surface area contributed by atoms with Crippen molar-refractivity contribution in [3.63, 3.8) is 0 Å². The zero-order valence-electron chi connectivity index (χ0n) is 18.3. The largest absolute Gasteiger partial charge is 0.324 e. The number of hydrogen-bond donors (Lipinski definition) is 1. The number of nitrogens with zero attached hydrogens (tertiary/aromatic N) is 2. The Kier molecular flexibility index (Phi) is 5.89. The summed E-state index contributed by atoms with van der Waals surface area (Å²) < 4.78 is 0. The molecule has 166 valence electrons. The fourth-order valence-electron chi connectivity index (χ4n) is 5.37. The number of carbonyl (C=O) groups is 3. The number of carbonyl (C=O) groups excluding carboxylic acids is 3. The molecule has 6 heteroatoms. The normalized spacial score (nSPS) is 20.0. The molecule has 0 radical (unpaired) electrons. The van der Waals surface area contributed by atoms with Crippen LogP contribution >= 0.6 is 0 Å².